The van der Waals surface area contributed by atoms with Gasteiger partial charge < -0.3 is 0 Å². The highest BCUT2D eigenvalue weighted by Gasteiger charge is 1.97. The van der Waals surface area contributed by atoms with Crippen LogP contribution in [0.2, 0.25) is 0 Å². The number of nitriles is 1. The van der Waals surface area contributed by atoms with E-state index in [0.29, 0.717) is 5.92 Å². The third-order valence-corrected chi connectivity index (χ3v) is 1.10. The van der Waals surface area contributed by atoms with Gasteiger partial charge in [0.1, 0.15) is 0 Å². The van der Waals surface area contributed by atoms with Crippen molar-refractivity contribution in [3.05, 3.63) is 6.42 Å². The predicted molar refractivity (Wildman–Crippen MR) is 34.0 cm³/mol. The molecule has 1 heteroatoms. The average Bonchev–Trinajstić information content (AvgIpc) is 1.68. The van der Waals surface area contributed by atoms with Crippen LogP contribution in [0.4, 0.5) is 0 Å². The molecule has 0 bridgehead atoms. The van der Waals surface area contributed by atoms with Crippen molar-refractivity contribution >= 4 is 0 Å². The lowest BCUT2D eigenvalue weighted by atomic mass is 10.0. The van der Waals surface area contributed by atoms with Gasteiger partial charge in [-0.3, -0.25) is 0 Å². The normalized spacial score (nSPS) is 12.6. The molecule has 0 spiro atoms. The maximum Gasteiger partial charge on any atom is 0.0672 e. The van der Waals surface area contributed by atoms with Crippen molar-refractivity contribution in [3.63, 3.8) is 0 Å². The molecule has 0 amide bonds. The highest BCUT2D eigenvalue weighted by molar-refractivity contribution is 4.94. The lowest BCUT2D eigenvalue weighted by Crippen LogP contribution is -1.90. The van der Waals surface area contributed by atoms with Crippen LogP contribution in [0.3, 0.4) is 0 Å². The van der Waals surface area contributed by atoms with Crippen LogP contribution >= 0.6 is 0 Å². The third-order valence-electron chi connectivity index (χ3n) is 1.10. The van der Waals surface area contributed by atoms with E-state index in [9.17, 15) is 0 Å². The molecule has 45 valence electrons. The number of hydrogen-bond acceptors (Lipinski definition) is 1. The number of hydrogen-bond donors (Lipinski definition) is 0. The molecule has 0 aliphatic heterocycles. The maximum atomic E-state index is 8.16. The fourth-order valence-corrected chi connectivity index (χ4v) is 0.666. The minimum atomic E-state index is 0.477. The van der Waals surface area contributed by atoms with E-state index in [4.69, 9.17) is 5.26 Å². The summed E-state index contributed by atoms with van der Waals surface area (Å²) in [5.74, 6) is 0.477. The molecule has 0 heterocycles. The number of rotatable bonds is 3. The Labute approximate surface area is 51.3 Å². The molecule has 0 aromatic carbocycles. The van der Waals surface area contributed by atoms with E-state index in [0.717, 1.165) is 6.42 Å². The summed E-state index contributed by atoms with van der Waals surface area (Å²) in [4.78, 5) is 0. The zero-order chi connectivity index (χ0) is 6.41. The summed E-state index contributed by atoms with van der Waals surface area (Å²) in [6, 6.07) is 2.03. The average molecular weight is 110 g/mol. The monoisotopic (exact) mass is 110 g/mol. The van der Waals surface area contributed by atoms with Gasteiger partial charge in [0.15, 0.2) is 0 Å². The molecule has 0 saturated heterocycles. The minimum Gasteiger partial charge on any atom is -0.198 e. The van der Waals surface area contributed by atoms with Crippen molar-refractivity contribution < 1.29 is 0 Å². The Balaban J connectivity index is 3.08. The second kappa shape index (κ2) is 4.64. The topological polar surface area (TPSA) is 23.8 Å². The molecule has 1 atom stereocenters. The van der Waals surface area contributed by atoms with Gasteiger partial charge in [0.25, 0.3) is 0 Å². The van der Waals surface area contributed by atoms with Crippen molar-refractivity contribution in [1.29, 1.82) is 5.26 Å². The van der Waals surface area contributed by atoms with Crippen LogP contribution in [0.15, 0.2) is 0 Å². The molecule has 1 unspecified atom stereocenters. The van der Waals surface area contributed by atoms with Gasteiger partial charge in [0, 0.05) is 0 Å². The smallest absolute Gasteiger partial charge is 0.0672 e. The fourth-order valence-electron chi connectivity index (χ4n) is 0.666. The first kappa shape index (κ1) is 7.49. The second-order valence-electron chi connectivity index (χ2n) is 2.06. The molecular formula is C7H12N. The Hall–Kier alpha value is -0.510. The lowest BCUT2D eigenvalue weighted by molar-refractivity contribution is 0.610. The SMILES string of the molecule is CCCC(C)[CH]C#N. The number of nitrogens with zero attached hydrogens (tertiary/aromatic N) is 1. The highest BCUT2D eigenvalue weighted by atomic mass is 14.2. The summed E-state index contributed by atoms with van der Waals surface area (Å²) >= 11 is 0. The maximum absolute atomic E-state index is 8.16. The summed E-state index contributed by atoms with van der Waals surface area (Å²) < 4.78 is 0. The van der Waals surface area contributed by atoms with Crippen molar-refractivity contribution in [2.75, 3.05) is 0 Å². The van der Waals surface area contributed by atoms with Crippen LogP contribution in [-0.2, 0) is 0 Å². The molecule has 0 aromatic rings. The first-order valence-corrected chi connectivity index (χ1v) is 3.04. The summed E-state index contributed by atoms with van der Waals surface area (Å²) in [6.07, 6.45) is 3.98. The summed E-state index contributed by atoms with van der Waals surface area (Å²) in [5, 5.41) is 8.16. The Bertz CT molecular complexity index is 80.9. The van der Waals surface area contributed by atoms with Gasteiger partial charge >= 0.3 is 0 Å². The summed E-state index contributed by atoms with van der Waals surface area (Å²) in [5.41, 5.74) is 0. The van der Waals surface area contributed by atoms with Crippen molar-refractivity contribution in [3.8, 4) is 6.07 Å². The first-order chi connectivity index (χ1) is 3.81. The third kappa shape index (κ3) is 3.67. The molecule has 0 aliphatic carbocycles. The molecule has 0 fully saturated rings. The predicted octanol–water partition coefficient (Wildman–Crippen LogP) is 2.15. The highest BCUT2D eigenvalue weighted by Crippen LogP contribution is 2.06. The molecule has 1 nitrogen and oxygen atoms in total. The van der Waals surface area contributed by atoms with Gasteiger partial charge in [-0.15, -0.1) is 0 Å². The van der Waals surface area contributed by atoms with Gasteiger partial charge in [-0.25, -0.2) is 0 Å². The van der Waals surface area contributed by atoms with Crippen LogP contribution < -0.4 is 0 Å². The van der Waals surface area contributed by atoms with E-state index in [1.807, 2.05) is 6.07 Å². The van der Waals surface area contributed by atoms with E-state index in [1.165, 1.54) is 6.42 Å². The van der Waals surface area contributed by atoms with E-state index in [2.05, 4.69) is 13.8 Å². The van der Waals surface area contributed by atoms with E-state index >= 15 is 0 Å². The van der Waals surface area contributed by atoms with Crippen molar-refractivity contribution in [2.24, 2.45) is 5.92 Å². The quantitative estimate of drug-likeness (QED) is 0.546. The molecule has 0 saturated carbocycles. The molecular weight excluding hydrogens is 98.1 g/mol. The van der Waals surface area contributed by atoms with Crippen LogP contribution in [0, 0.1) is 23.7 Å². The van der Waals surface area contributed by atoms with Gasteiger partial charge in [-0.05, 0) is 12.3 Å². The fraction of sp³-hybridized carbons (Fsp3) is 0.714. The Morgan fingerprint density at radius 3 is 2.75 bits per heavy atom. The van der Waals surface area contributed by atoms with Gasteiger partial charge in [-0.1, -0.05) is 20.3 Å². The Morgan fingerprint density at radius 2 is 2.38 bits per heavy atom. The molecule has 0 aromatic heterocycles. The lowest BCUT2D eigenvalue weighted by Gasteiger charge is -2.00. The van der Waals surface area contributed by atoms with E-state index in [-0.39, 0.29) is 0 Å². The summed E-state index contributed by atoms with van der Waals surface area (Å²) in [7, 11) is 0. The van der Waals surface area contributed by atoms with Gasteiger partial charge in [0.05, 0.1) is 12.5 Å². The van der Waals surface area contributed by atoms with Crippen LogP contribution in [0.1, 0.15) is 26.7 Å². The van der Waals surface area contributed by atoms with Crippen molar-refractivity contribution in [2.45, 2.75) is 26.7 Å². The van der Waals surface area contributed by atoms with Crippen LogP contribution in [0.25, 0.3) is 0 Å². The zero-order valence-electron chi connectivity index (χ0n) is 5.52. The van der Waals surface area contributed by atoms with Crippen molar-refractivity contribution in [1.82, 2.24) is 0 Å². The molecule has 1 radical (unpaired) electrons. The van der Waals surface area contributed by atoms with Gasteiger partial charge in [-0.2, -0.15) is 5.26 Å². The molecule has 0 aliphatic rings. The Kier molecular flexibility index (Phi) is 4.35. The zero-order valence-corrected chi connectivity index (χ0v) is 5.52. The summed E-state index contributed by atoms with van der Waals surface area (Å²) in [6.45, 7) is 4.19. The van der Waals surface area contributed by atoms with Gasteiger partial charge in [0.2, 0.25) is 0 Å². The minimum absolute atomic E-state index is 0.477. The molecule has 8 heavy (non-hydrogen) atoms. The first-order valence-electron chi connectivity index (χ1n) is 3.04. The van der Waals surface area contributed by atoms with Crippen LogP contribution in [-0.4, -0.2) is 0 Å². The standard InChI is InChI=1S/C7H12N/c1-3-4-7(2)5-6-8/h5,7H,3-4H2,1-2H3. The largest absolute Gasteiger partial charge is 0.198 e. The Morgan fingerprint density at radius 1 is 1.75 bits per heavy atom. The molecule has 0 N–H and O–H groups in total. The second-order valence-corrected chi connectivity index (χ2v) is 2.06. The van der Waals surface area contributed by atoms with E-state index < -0.39 is 0 Å². The van der Waals surface area contributed by atoms with Crippen LogP contribution in [0.5, 0.6) is 0 Å². The molecule has 0 rings (SSSR count). The van der Waals surface area contributed by atoms with E-state index in [1.54, 1.807) is 6.42 Å².